The number of carbonyl (C=O) groups is 1. The first kappa shape index (κ1) is 25.9. The third-order valence-electron chi connectivity index (χ3n) is 7.44. The zero-order valence-corrected chi connectivity index (χ0v) is 21.5. The monoisotopic (exact) mass is 488 g/mol. The highest BCUT2D eigenvalue weighted by Crippen LogP contribution is 2.35. The van der Waals surface area contributed by atoms with E-state index < -0.39 is 5.41 Å². The Morgan fingerprint density at radius 3 is 2.33 bits per heavy atom. The summed E-state index contributed by atoms with van der Waals surface area (Å²) in [5.74, 6) is -0.306. The van der Waals surface area contributed by atoms with Gasteiger partial charge in [-0.15, -0.1) is 0 Å². The number of hydrogen-bond donors (Lipinski definition) is 0. The first-order chi connectivity index (χ1) is 17.6. The highest BCUT2D eigenvalue weighted by Gasteiger charge is 2.39. The molecule has 1 unspecified atom stereocenters. The van der Waals surface area contributed by atoms with Crippen LogP contribution in [0.3, 0.4) is 0 Å². The molecule has 3 aromatic rings. The van der Waals surface area contributed by atoms with E-state index in [-0.39, 0.29) is 11.8 Å². The van der Waals surface area contributed by atoms with Crippen molar-refractivity contribution in [3.63, 3.8) is 0 Å². The van der Waals surface area contributed by atoms with Gasteiger partial charge in [-0.05, 0) is 62.1 Å². The van der Waals surface area contributed by atoms with Crippen LogP contribution in [0, 0.1) is 5.82 Å². The summed E-state index contributed by atoms with van der Waals surface area (Å²) in [6, 6.07) is 25.2. The van der Waals surface area contributed by atoms with E-state index in [2.05, 4.69) is 41.0 Å². The average molecular weight is 489 g/mol. The molecule has 1 fully saturated rings. The van der Waals surface area contributed by atoms with Gasteiger partial charge in [-0.1, -0.05) is 67.6 Å². The van der Waals surface area contributed by atoms with Crippen molar-refractivity contribution in [2.24, 2.45) is 0 Å². The third-order valence-corrected chi connectivity index (χ3v) is 7.44. The number of rotatable bonds is 10. The standard InChI is InChI=1S/C31H37FN2O2/c1-3-31(30(35)36-4-2,26-13-6-5-7-14-26)18-11-19-33-20-22-34(23-21-33)27-15-10-12-25(24-27)28-16-8-9-17-29(28)32/h5-10,12-17,24H,3-4,11,18-23H2,1-2H3. The number of nitrogens with zero attached hydrogens (tertiary/aromatic N) is 2. The number of anilines is 1. The Hall–Kier alpha value is -3.18. The number of ether oxygens (including phenoxy) is 1. The summed E-state index contributed by atoms with van der Waals surface area (Å²) < 4.78 is 19.8. The smallest absolute Gasteiger partial charge is 0.316 e. The predicted molar refractivity (Wildman–Crippen MR) is 145 cm³/mol. The second-order valence-corrected chi connectivity index (χ2v) is 9.48. The molecular weight excluding hydrogens is 451 g/mol. The van der Waals surface area contributed by atoms with Crippen LogP contribution < -0.4 is 4.90 Å². The predicted octanol–water partition coefficient (Wildman–Crippen LogP) is 6.31. The molecule has 4 nitrogen and oxygen atoms in total. The molecule has 190 valence electrons. The highest BCUT2D eigenvalue weighted by molar-refractivity contribution is 5.83. The van der Waals surface area contributed by atoms with Crippen molar-refractivity contribution in [3.8, 4) is 11.1 Å². The van der Waals surface area contributed by atoms with Crippen molar-refractivity contribution >= 4 is 11.7 Å². The van der Waals surface area contributed by atoms with Crippen molar-refractivity contribution in [1.82, 2.24) is 4.90 Å². The molecule has 1 aliphatic rings. The fourth-order valence-corrected chi connectivity index (χ4v) is 5.32. The molecule has 0 saturated carbocycles. The molecular formula is C31H37FN2O2. The van der Waals surface area contributed by atoms with Gasteiger partial charge in [0.25, 0.3) is 0 Å². The number of piperazine rings is 1. The lowest BCUT2D eigenvalue weighted by atomic mass is 9.74. The van der Waals surface area contributed by atoms with Gasteiger partial charge in [0.2, 0.25) is 0 Å². The molecule has 0 aliphatic carbocycles. The zero-order valence-electron chi connectivity index (χ0n) is 21.5. The first-order valence-corrected chi connectivity index (χ1v) is 13.1. The minimum Gasteiger partial charge on any atom is -0.465 e. The number of benzene rings is 3. The van der Waals surface area contributed by atoms with Crippen LogP contribution >= 0.6 is 0 Å². The zero-order chi connectivity index (χ0) is 25.4. The Bertz CT molecular complexity index is 1130. The van der Waals surface area contributed by atoms with Gasteiger partial charge in [0.05, 0.1) is 12.0 Å². The van der Waals surface area contributed by atoms with Gasteiger partial charge < -0.3 is 9.64 Å². The van der Waals surface area contributed by atoms with Crippen molar-refractivity contribution in [1.29, 1.82) is 0 Å². The van der Waals surface area contributed by atoms with Gasteiger partial charge in [0, 0.05) is 37.4 Å². The summed E-state index contributed by atoms with van der Waals surface area (Å²) in [6.07, 6.45) is 2.43. The van der Waals surface area contributed by atoms with Gasteiger partial charge in [0.1, 0.15) is 5.82 Å². The molecule has 1 atom stereocenters. The maximum absolute atomic E-state index is 14.3. The van der Waals surface area contributed by atoms with Crippen LogP contribution in [0.5, 0.6) is 0 Å². The Balaban J connectivity index is 1.35. The van der Waals surface area contributed by atoms with E-state index in [1.54, 1.807) is 6.07 Å². The summed E-state index contributed by atoms with van der Waals surface area (Å²) in [6.45, 7) is 9.09. The molecule has 0 N–H and O–H groups in total. The lowest BCUT2D eigenvalue weighted by molar-refractivity contribution is -0.150. The van der Waals surface area contributed by atoms with Crippen LogP contribution in [0.2, 0.25) is 0 Å². The second-order valence-electron chi connectivity index (χ2n) is 9.48. The third kappa shape index (κ3) is 5.79. The van der Waals surface area contributed by atoms with E-state index in [4.69, 9.17) is 4.74 Å². The van der Waals surface area contributed by atoms with Gasteiger partial charge in [-0.3, -0.25) is 9.69 Å². The minimum absolute atomic E-state index is 0.113. The fraction of sp³-hybridized carbons (Fsp3) is 0.387. The van der Waals surface area contributed by atoms with Crippen LogP contribution in [0.25, 0.3) is 11.1 Å². The van der Waals surface area contributed by atoms with Crippen LogP contribution in [-0.2, 0) is 14.9 Å². The first-order valence-electron chi connectivity index (χ1n) is 13.1. The number of halogens is 1. The molecule has 3 aromatic carbocycles. The van der Waals surface area contributed by atoms with Crippen LogP contribution in [0.15, 0.2) is 78.9 Å². The van der Waals surface area contributed by atoms with E-state index in [1.807, 2.05) is 49.4 Å². The molecule has 1 heterocycles. The topological polar surface area (TPSA) is 32.8 Å². The molecule has 0 amide bonds. The minimum atomic E-state index is -0.591. The van der Waals surface area contributed by atoms with E-state index in [9.17, 15) is 9.18 Å². The van der Waals surface area contributed by atoms with E-state index in [0.29, 0.717) is 12.2 Å². The molecule has 4 rings (SSSR count). The highest BCUT2D eigenvalue weighted by atomic mass is 19.1. The maximum atomic E-state index is 14.3. The number of carbonyl (C=O) groups excluding carboxylic acids is 1. The van der Waals surface area contributed by atoms with Gasteiger partial charge in [0.15, 0.2) is 0 Å². The molecule has 0 radical (unpaired) electrons. The van der Waals surface area contributed by atoms with Crippen LogP contribution in [0.4, 0.5) is 10.1 Å². The molecule has 0 spiro atoms. The quantitative estimate of drug-likeness (QED) is 0.313. The molecule has 36 heavy (non-hydrogen) atoms. The Morgan fingerprint density at radius 2 is 1.64 bits per heavy atom. The number of esters is 1. The Morgan fingerprint density at radius 1 is 0.917 bits per heavy atom. The SMILES string of the molecule is CCOC(=O)C(CC)(CCCN1CCN(c2cccc(-c3ccccc3F)c2)CC1)c1ccccc1. The number of hydrogen-bond acceptors (Lipinski definition) is 4. The molecule has 0 bridgehead atoms. The second kappa shape index (κ2) is 12.2. The summed E-state index contributed by atoms with van der Waals surface area (Å²) in [4.78, 5) is 17.9. The van der Waals surface area contributed by atoms with Crippen molar-refractivity contribution in [3.05, 3.63) is 90.2 Å². The van der Waals surface area contributed by atoms with Crippen molar-refractivity contribution in [2.45, 2.75) is 38.5 Å². The maximum Gasteiger partial charge on any atom is 0.316 e. The summed E-state index contributed by atoms with van der Waals surface area (Å²) in [7, 11) is 0. The summed E-state index contributed by atoms with van der Waals surface area (Å²) >= 11 is 0. The lowest BCUT2D eigenvalue weighted by Gasteiger charge is -2.37. The van der Waals surface area contributed by atoms with E-state index in [0.717, 1.165) is 68.8 Å². The Kier molecular flexibility index (Phi) is 8.76. The molecule has 1 saturated heterocycles. The molecule has 1 aliphatic heterocycles. The van der Waals surface area contributed by atoms with Crippen LogP contribution in [-0.4, -0.2) is 50.2 Å². The van der Waals surface area contributed by atoms with Crippen molar-refractivity contribution < 1.29 is 13.9 Å². The van der Waals surface area contributed by atoms with Gasteiger partial charge >= 0.3 is 5.97 Å². The summed E-state index contributed by atoms with van der Waals surface area (Å²) in [5.41, 5.74) is 3.13. The van der Waals surface area contributed by atoms with Crippen molar-refractivity contribution in [2.75, 3.05) is 44.2 Å². The van der Waals surface area contributed by atoms with E-state index >= 15 is 0 Å². The lowest BCUT2D eigenvalue weighted by Crippen LogP contribution is -2.47. The van der Waals surface area contributed by atoms with Crippen LogP contribution in [0.1, 0.15) is 38.7 Å². The fourth-order valence-electron chi connectivity index (χ4n) is 5.32. The summed E-state index contributed by atoms with van der Waals surface area (Å²) in [5, 5.41) is 0. The largest absolute Gasteiger partial charge is 0.465 e. The normalized spacial score (nSPS) is 15.9. The Labute approximate surface area is 214 Å². The average Bonchev–Trinajstić information content (AvgIpc) is 2.92. The van der Waals surface area contributed by atoms with Gasteiger partial charge in [-0.2, -0.15) is 0 Å². The molecule has 5 heteroatoms. The molecule has 0 aromatic heterocycles. The van der Waals surface area contributed by atoms with Gasteiger partial charge in [-0.25, -0.2) is 4.39 Å². The van der Waals surface area contributed by atoms with E-state index in [1.165, 1.54) is 6.07 Å².